The molecule has 2 aliphatic heterocycles. The highest BCUT2D eigenvalue weighted by Gasteiger charge is 2.28. The number of hydrogen-bond donors (Lipinski definition) is 1. The first kappa shape index (κ1) is 14.7. The molecular weight excluding hydrogens is 260 g/mol. The number of amides is 1. The van der Waals surface area contributed by atoms with E-state index in [4.69, 9.17) is 18.0 Å². The van der Waals surface area contributed by atoms with Crippen LogP contribution >= 0.6 is 12.2 Å². The number of rotatable bonds is 3. The molecule has 1 unspecified atom stereocenters. The van der Waals surface area contributed by atoms with Crippen LogP contribution in [0.5, 0.6) is 0 Å². The van der Waals surface area contributed by atoms with Gasteiger partial charge < -0.3 is 15.5 Å². The zero-order valence-corrected chi connectivity index (χ0v) is 12.5. The minimum absolute atomic E-state index is 0.111. The van der Waals surface area contributed by atoms with Gasteiger partial charge in [0.05, 0.1) is 17.6 Å². The first-order chi connectivity index (χ1) is 9.08. The summed E-state index contributed by atoms with van der Waals surface area (Å²) in [6.07, 6.45) is 3.28. The van der Waals surface area contributed by atoms with Crippen LogP contribution in [0.2, 0.25) is 0 Å². The van der Waals surface area contributed by atoms with Gasteiger partial charge in [0.2, 0.25) is 5.91 Å². The Kier molecular flexibility index (Phi) is 5.13. The van der Waals surface area contributed by atoms with Gasteiger partial charge in [-0.05, 0) is 26.4 Å². The van der Waals surface area contributed by atoms with Crippen molar-refractivity contribution in [3.63, 3.8) is 0 Å². The second-order valence-corrected chi connectivity index (χ2v) is 6.04. The van der Waals surface area contributed by atoms with Crippen molar-refractivity contribution in [1.29, 1.82) is 0 Å². The Hall–Kier alpha value is -0.720. The van der Waals surface area contributed by atoms with Crippen LogP contribution in [0.1, 0.15) is 19.3 Å². The molecule has 1 amide bonds. The molecular formula is C13H24N4OS. The molecule has 0 aliphatic carbocycles. The predicted molar refractivity (Wildman–Crippen MR) is 80.1 cm³/mol. The first-order valence-electron chi connectivity index (χ1n) is 7.07. The van der Waals surface area contributed by atoms with Crippen molar-refractivity contribution in [1.82, 2.24) is 14.7 Å². The van der Waals surface area contributed by atoms with Crippen LogP contribution in [-0.2, 0) is 4.79 Å². The predicted octanol–water partition coefficient (Wildman–Crippen LogP) is -0.0990. The molecule has 2 rings (SSSR count). The van der Waals surface area contributed by atoms with Crippen molar-refractivity contribution in [2.45, 2.75) is 25.3 Å². The molecule has 1 atom stereocenters. The first-order valence-corrected chi connectivity index (χ1v) is 7.48. The van der Waals surface area contributed by atoms with Gasteiger partial charge in [0, 0.05) is 26.2 Å². The van der Waals surface area contributed by atoms with E-state index < -0.39 is 0 Å². The number of carbonyl (C=O) groups is 1. The lowest BCUT2D eigenvalue weighted by atomic mass is 10.0. The van der Waals surface area contributed by atoms with Crippen molar-refractivity contribution in [2.24, 2.45) is 5.73 Å². The van der Waals surface area contributed by atoms with E-state index in [1.54, 1.807) is 0 Å². The molecule has 0 aromatic carbocycles. The Morgan fingerprint density at radius 1 is 1.21 bits per heavy atom. The normalized spacial score (nSPS) is 26.4. The summed E-state index contributed by atoms with van der Waals surface area (Å²) in [5.41, 5.74) is 5.79. The van der Waals surface area contributed by atoms with E-state index in [2.05, 4.69) is 16.8 Å². The molecule has 0 bridgehead atoms. The van der Waals surface area contributed by atoms with Gasteiger partial charge in [0.25, 0.3) is 0 Å². The molecule has 0 spiro atoms. The lowest BCUT2D eigenvalue weighted by Gasteiger charge is -2.37. The van der Waals surface area contributed by atoms with Crippen molar-refractivity contribution >= 4 is 23.1 Å². The Labute approximate surface area is 120 Å². The second-order valence-electron chi connectivity index (χ2n) is 5.57. The van der Waals surface area contributed by atoms with Crippen LogP contribution in [0.3, 0.4) is 0 Å². The Morgan fingerprint density at radius 3 is 2.53 bits per heavy atom. The average molecular weight is 284 g/mol. The van der Waals surface area contributed by atoms with Gasteiger partial charge in [-0.1, -0.05) is 18.6 Å². The molecule has 19 heavy (non-hydrogen) atoms. The molecule has 6 heteroatoms. The number of piperazine rings is 1. The topological polar surface area (TPSA) is 52.8 Å². The number of hydrogen-bond acceptors (Lipinski definition) is 4. The Bertz CT molecular complexity index is 342. The molecule has 0 aromatic heterocycles. The van der Waals surface area contributed by atoms with Crippen LogP contribution in [-0.4, -0.2) is 78.0 Å². The smallest absolute Gasteiger partial charge is 0.236 e. The SMILES string of the molecule is CN1CCN(C(=O)CN2CCCCC2C(N)=S)CC1. The summed E-state index contributed by atoms with van der Waals surface area (Å²) in [4.78, 5) is 19.2. The second kappa shape index (κ2) is 6.63. The van der Waals surface area contributed by atoms with Gasteiger partial charge >= 0.3 is 0 Å². The summed E-state index contributed by atoms with van der Waals surface area (Å²) in [7, 11) is 2.09. The quantitative estimate of drug-likeness (QED) is 0.734. The summed E-state index contributed by atoms with van der Waals surface area (Å²) >= 11 is 5.12. The number of nitrogens with two attached hydrogens (primary N) is 1. The minimum atomic E-state index is 0.111. The van der Waals surface area contributed by atoms with Crippen molar-refractivity contribution < 1.29 is 4.79 Å². The fraction of sp³-hybridized carbons (Fsp3) is 0.846. The number of piperidine rings is 1. The summed E-state index contributed by atoms with van der Waals surface area (Å²) in [5, 5.41) is 0. The fourth-order valence-electron chi connectivity index (χ4n) is 2.83. The maximum Gasteiger partial charge on any atom is 0.236 e. The average Bonchev–Trinajstić information content (AvgIpc) is 2.39. The lowest BCUT2D eigenvalue weighted by molar-refractivity contribution is -0.134. The van der Waals surface area contributed by atoms with E-state index in [9.17, 15) is 4.79 Å². The number of likely N-dealkylation sites (tertiary alicyclic amines) is 1. The van der Waals surface area contributed by atoms with Crippen LogP contribution in [0.4, 0.5) is 0 Å². The monoisotopic (exact) mass is 284 g/mol. The zero-order chi connectivity index (χ0) is 13.8. The highest BCUT2D eigenvalue weighted by molar-refractivity contribution is 7.80. The number of carbonyl (C=O) groups excluding carboxylic acids is 1. The highest BCUT2D eigenvalue weighted by atomic mass is 32.1. The van der Waals surface area contributed by atoms with Gasteiger partial charge in [0.1, 0.15) is 0 Å². The van der Waals surface area contributed by atoms with Crippen molar-refractivity contribution in [2.75, 3.05) is 46.3 Å². The van der Waals surface area contributed by atoms with E-state index in [0.717, 1.165) is 52.0 Å². The zero-order valence-electron chi connectivity index (χ0n) is 11.7. The maximum absolute atomic E-state index is 12.3. The minimum Gasteiger partial charge on any atom is -0.392 e. The van der Waals surface area contributed by atoms with Crippen LogP contribution < -0.4 is 5.73 Å². The number of thiocarbonyl (C=S) groups is 1. The van der Waals surface area contributed by atoms with Gasteiger partial charge in [0.15, 0.2) is 0 Å². The van der Waals surface area contributed by atoms with E-state index in [1.165, 1.54) is 0 Å². The Balaban J connectivity index is 1.88. The van der Waals surface area contributed by atoms with Crippen LogP contribution in [0.25, 0.3) is 0 Å². The maximum atomic E-state index is 12.3. The molecule has 2 heterocycles. The van der Waals surface area contributed by atoms with Gasteiger partial charge in [-0.25, -0.2) is 0 Å². The van der Waals surface area contributed by atoms with Gasteiger partial charge in [-0.2, -0.15) is 0 Å². The van der Waals surface area contributed by atoms with Crippen molar-refractivity contribution in [3.8, 4) is 0 Å². The van der Waals surface area contributed by atoms with E-state index >= 15 is 0 Å². The summed E-state index contributed by atoms with van der Waals surface area (Å²) < 4.78 is 0. The molecule has 0 aromatic rings. The molecule has 2 fully saturated rings. The molecule has 2 saturated heterocycles. The van der Waals surface area contributed by atoms with Crippen LogP contribution in [0.15, 0.2) is 0 Å². The summed E-state index contributed by atoms with van der Waals surface area (Å²) in [5.74, 6) is 0.219. The third-order valence-electron chi connectivity index (χ3n) is 4.14. The van der Waals surface area contributed by atoms with Crippen LogP contribution in [0, 0.1) is 0 Å². The lowest BCUT2D eigenvalue weighted by Crippen LogP contribution is -2.54. The number of likely N-dealkylation sites (N-methyl/N-ethyl adjacent to an activating group) is 1. The number of nitrogens with zero attached hydrogens (tertiary/aromatic N) is 3. The fourth-order valence-corrected chi connectivity index (χ4v) is 3.10. The largest absolute Gasteiger partial charge is 0.392 e. The van der Waals surface area contributed by atoms with E-state index in [-0.39, 0.29) is 11.9 Å². The van der Waals surface area contributed by atoms with Crippen molar-refractivity contribution in [3.05, 3.63) is 0 Å². The molecule has 0 saturated carbocycles. The van der Waals surface area contributed by atoms with E-state index in [1.807, 2.05) is 4.90 Å². The Morgan fingerprint density at radius 2 is 1.89 bits per heavy atom. The highest BCUT2D eigenvalue weighted by Crippen LogP contribution is 2.17. The molecule has 0 radical (unpaired) electrons. The molecule has 2 aliphatic rings. The summed E-state index contributed by atoms with van der Waals surface area (Å²) in [6, 6.07) is 0.111. The van der Waals surface area contributed by atoms with Gasteiger partial charge in [-0.3, -0.25) is 9.69 Å². The van der Waals surface area contributed by atoms with Gasteiger partial charge in [-0.15, -0.1) is 0 Å². The standard InChI is InChI=1S/C13H24N4OS/c1-15-6-8-16(9-7-15)12(18)10-17-5-3-2-4-11(17)13(14)19/h11H,2-10H2,1H3,(H2,14,19). The molecule has 2 N–H and O–H groups in total. The summed E-state index contributed by atoms with van der Waals surface area (Å²) in [6.45, 7) is 4.99. The van der Waals surface area contributed by atoms with E-state index in [0.29, 0.717) is 11.5 Å². The third-order valence-corrected chi connectivity index (χ3v) is 4.41. The third kappa shape index (κ3) is 3.87. The molecule has 108 valence electrons. The molecule has 5 nitrogen and oxygen atoms in total.